The van der Waals surface area contributed by atoms with E-state index in [2.05, 4.69) is 0 Å². The third-order valence-corrected chi connectivity index (χ3v) is 4.13. The Labute approximate surface area is 140 Å². The lowest BCUT2D eigenvalue weighted by Gasteiger charge is -2.33. The summed E-state index contributed by atoms with van der Waals surface area (Å²) in [7, 11) is 0. The number of amides is 2. The Morgan fingerprint density at radius 1 is 1.35 bits per heavy atom. The van der Waals surface area contributed by atoms with Gasteiger partial charge in [0.2, 0.25) is 5.91 Å². The zero-order valence-electron chi connectivity index (χ0n) is 15.5. The first kappa shape index (κ1) is 19.7. The molecule has 1 aliphatic rings. The minimum atomic E-state index is -0.509. The van der Waals surface area contributed by atoms with E-state index >= 15 is 0 Å². The van der Waals surface area contributed by atoms with Gasteiger partial charge in [-0.15, -0.1) is 0 Å². The molecule has 0 saturated carbocycles. The van der Waals surface area contributed by atoms with E-state index in [0.717, 1.165) is 12.8 Å². The fourth-order valence-corrected chi connectivity index (χ4v) is 2.71. The fraction of sp³-hybridized carbons (Fsp3) is 0.882. The molecule has 6 heteroatoms. The predicted molar refractivity (Wildman–Crippen MR) is 91.0 cm³/mol. The SMILES string of the molecule is CCN(CC1CCCN1C(=O)OC(C)(C)C)C(=O)C(N)C(C)C. The predicted octanol–water partition coefficient (Wildman–Crippen LogP) is 2.22. The van der Waals surface area contributed by atoms with Crippen LogP contribution in [0.4, 0.5) is 4.79 Å². The Morgan fingerprint density at radius 3 is 2.43 bits per heavy atom. The van der Waals surface area contributed by atoms with Crippen molar-refractivity contribution in [3.63, 3.8) is 0 Å². The number of carbonyl (C=O) groups excluding carboxylic acids is 2. The van der Waals surface area contributed by atoms with Gasteiger partial charge in [0.15, 0.2) is 0 Å². The summed E-state index contributed by atoms with van der Waals surface area (Å²) in [5, 5.41) is 0. The lowest BCUT2D eigenvalue weighted by atomic mass is 10.0. The van der Waals surface area contributed by atoms with E-state index in [-0.39, 0.29) is 24.0 Å². The maximum Gasteiger partial charge on any atom is 0.410 e. The Morgan fingerprint density at radius 2 is 1.96 bits per heavy atom. The summed E-state index contributed by atoms with van der Waals surface area (Å²) in [5.74, 6) is 0.0561. The van der Waals surface area contributed by atoms with E-state index in [1.165, 1.54) is 0 Å². The van der Waals surface area contributed by atoms with Crippen LogP contribution in [-0.2, 0) is 9.53 Å². The normalized spacial score (nSPS) is 19.8. The number of likely N-dealkylation sites (N-methyl/N-ethyl adjacent to an activating group) is 1. The molecule has 0 radical (unpaired) electrons. The first-order chi connectivity index (χ1) is 10.6. The number of ether oxygens (including phenoxy) is 1. The summed E-state index contributed by atoms with van der Waals surface area (Å²) in [6.07, 6.45) is 1.53. The van der Waals surface area contributed by atoms with Gasteiger partial charge >= 0.3 is 6.09 Å². The molecule has 23 heavy (non-hydrogen) atoms. The van der Waals surface area contributed by atoms with Crippen LogP contribution in [0.2, 0.25) is 0 Å². The lowest BCUT2D eigenvalue weighted by molar-refractivity contribution is -0.134. The highest BCUT2D eigenvalue weighted by molar-refractivity contribution is 5.82. The molecular weight excluding hydrogens is 294 g/mol. The first-order valence-corrected chi connectivity index (χ1v) is 8.60. The second-order valence-electron chi connectivity index (χ2n) is 7.62. The monoisotopic (exact) mass is 327 g/mol. The highest BCUT2D eigenvalue weighted by atomic mass is 16.6. The summed E-state index contributed by atoms with van der Waals surface area (Å²) >= 11 is 0. The van der Waals surface area contributed by atoms with Gasteiger partial charge in [-0.2, -0.15) is 0 Å². The van der Waals surface area contributed by atoms with Crippen molar-refractivity contribution in [2.24, 2.45) is 11.7 Å². The van der Waals surface area contributed by atoms with Crippen molar-refractivity contribution in [2.75, 3.05) is 19.6 Å². The second kappa shape index (κ2) is 7.99. The van der Waals surface area contributed by atoms with Crippen LogP contribution in [-0.4, -0.2) is 59.1 Å². The Bertz CT molecular complexity index is 418. The van der Waals surface area contributed by atoms with Crippen LogP contribution in [0.3, 0.4) is 0 Å². The molecule has 0 aromatic heterocycles. The Hall–Kier alpha value is -1.30. The average Bonchev–Trinajstić information content (AvgIpc) is 2.89. The van der Waals surface area contributed by atoms with Crippen molar-refractivity contribution in [3.05, 3.63) is 0 Å². The van der Waals surface area contributed by atoms with Crippen LogP contribution in [0.1, 0.15) is 54.4 Å². The van der Waals surface area contributed by atoms with Crippen LogP contribution in [0.5, 0.6) is 0 Å². The quantitative estimate of drug-likeness (QED) is 0.840. The van der Waals surface area contributed by atoms with Crippen molar-refractivity contribution in [1.29, 1.82) is 0 Å². The number of likely N-dealkylation sites (tertiary alicyclic amines) is 1. The first-order valence-electron chi connectivity index (χ1n) is 8.60. The standard InChI is InChI=1S/C17H33N3O3/c1-7-19(15(21)14(18)12(2)3)11-13-9-8-10-20(13)16(22)23-17(4,5)6/h12-14H,7-11,18H2,1-6H3. The van der Waals surface area contributed by atoms with Crippen molar-refractivity contribution in [3.8, 4) is 0 Å². The number of nitrogens with zero attached hydrogens (tertiary/aromatic N) is 2. The van der Waals surface area contributed by atoms with Gasteiger partial charge in [-0.25, -0.2) is 4.79 Å². The van der Waals surface area contributed by atoms with Crippen molar-refractivity contribution in [1.82, 2.24) is 9.80 Å². The van der Waals surface area contributed by atoms with Crippen LogP contribution >= 0.6 is 0 Å². The zero-order valence-corrected chi connectivity index (χ0v) is 15.5. The molecule has 0 aliphatic carbocycles. The smallest absolute Gasteiger partial charge is 0.410 e. The zero-order chi connectivity index (χ0) is 17.8. The van der Waals surface area contributed by atoms with Crippen molar-refractivity contribution < 1.29 is 14.3 Å². The van der Waals surface area contributed by atoms with Crippen LogP contribution in [0.15, 0.2) is 0 Å². The van der Waals surface area contributed by atoms with Gasteiger partial charge in [0.1, 0.15) is 5.60 Å². The summed E-state index contributed by atoms with van der Waals surface area (Å²) in [6.45, 7) is 13.2. The van der Waals surface area contributed by atoms with E-state index in [1.54, 1.807) is 9.80 Å². The van der Waals surface area contributed by atoms with E-state index in [0.29, 0.717) is 19.6 Å². The van der Waals surface area contributed by atoms with E-state index in [4.69, 9.17) is 10.5 Å². The molecule has 1 fully saturated rings. The Balaban J connectivity index is 2.72. The molecule has 1 rings (SSSR count). The molecule has 2 N–H and O–H groups in total. The average molecular weight is 327 g/mol. The number of carbonyl (C=O) groups is 2. The van der Waals surface area contributed by atoms with Gasteiger partial charge in [0, 0.05) is 19.6 Å². The third-order valence-electron chi connectivity index (χ3n) is 4.13. The number of nitrogens with two attached hydrogens (primary N) is 1. The molecule has 0 bridgehead atoms. The topological polar surface area (TPSA) is 75.9 Å². The van der Waals surface area contributed by atoms with Crippen molar-refractivity contribution >= 4 is 12.0 Å². The highest BCUT2D eigenvalue weighted by Gasteiger charge is 2.34. The van der Waals surface area contributed by atoms with E-state index in [9.17, 15) is 9.59 Å². The molecule has 0 spiro atoms. The third kappa shape index (κ3) is 5.68. The molecule has 1 heterocycles. The van der Waals surface area contributed by atoms with Gasteiger partial charge in [-0.05, 0) is 46.5 Å². The molecule has 6 nitrogen and oxygen atoms in total. The van der Waals surface area contributed by atoms with Crippen molar-refractivity contribution in [2.45, 2.75) is 72.1 Å². The molecule has 0 aromatic carbocycles. The fourth-order valence-electron chi connectivity index (χ4n) is 2.71. The summed E-state index contributed by atoms with van der Waals surface area (Å²) in [5.41, 5.74) is 5.48. The maximum atomic E-state index is 12.5. The van der Waals surface area contributed by atoms with Gasteiger partial charge < -0.3 is 20.3 Å². The van der Waals surface area contributed by atoms with Crippen LogP contribution in [0.25, 0.3) is 0 Å². The highest BCUT2D eigenvalue weighted by Crippen LogP contribution is 2.22. The largest absolute Gasteiger partial charge is 0.444 e. The Kier molecular flexibility index (Phi) is 6.86. The van der Waals surface area contributed by atoms with Gasteiger partial charge in [0.25, 0.3) is 0 Å². The molecule has 134 valence electrons. The molecule has 1 aliphatic heterocycles. The summed E-state index contributed by atoms with van der Waals surface area (Å²) in [4.78, 5) is 28.3. The number of rotatable bonds is 5. The summed E-state index contributed by atoms with van der Waals surface area (Å²) < 4.78 is 5.47. The molecule has 2 atom stereocenters. The van der Waals surface area contributed by atoms with E-state index < -0.39 is 11.6 Å². The van der Waals surface area contributed by atoms with Crippen LogP contribution < -0.4 is 5.73 Å². The number of hydrogen-bond donors (Lipinski definition) is 1. The lowest BCUT2D eigenvalue weighted by Crippen LogP contribution is -2.51. The van der Waals surface area contributed by atoms with Gasteiger partial charge in [-0.3, -0.25) is 4.79 Å². The molecule has 0 aromatic rings. The molecule has 2 unspecified atom stereocenters. The minimum Gasteiger partial charge on any atom is -0.444 e. The maximum absolute atomic E-state index is 12.5. The second-order valence-corrected chi connectivity index (χ2v) is 7.62. The van der Waals surface area contributed by atoms with Gasteiger partial charge in [0.05, 0.1) is 12.1 Å². The van der Waals surface area contributed by atoms with E-state index in [1.807, 2.05) is 41.5 Å². The summed E-state index contributed by atoms with van der Waals surface area (Å²) in [6, 6.07) is -0.487. The van der Waals surface area contributed by atoms with Crippen LogP contribution in [0, 0.1) is 5.92 Å². The van der Waals surface area contributed by atoms with Gasteiger partial charge in [-0.1, -0.05) is 13.8 Å². The minimum absolute atomic E-state index is 0.00751. The molecular formula is C17H33N3O3. The molecule has 1 saturated heterocycles. The molecule has 2 amide bonds. The number of hydrogen-bond acceptors (Lipinski definition) is 4.